The van der Waals surface area contributed by atoms with Crippen molar-refractivity contribution in [2.24, 2.45) is 0 Å². The van der Waals surface area contributed by atoms with Crippen LogP contribution in [0.25, 0.3) is 16.6 Å². The first kappa shape index (κ1) is 11.9. The molecule has 4 heteroatoms. The summed E-state index contributed by atoms with van der Waals surface area (Å²) in [6, 6.07) is 9.78. The van der Waals surface area contributed by atoms with Crippen LogP contribution < -0.4 is 0 Å². The van der Waals surface area contributed by atoms with Gasteiger partial charge in [0.2, 0.25) is 0 Å². The Labute approximate surface area is 111 Å². The molecule has 1 aromatic carbocycles. The normalized spacial score (nSPS) is 11.1. The third-order valence-electron chi connectivity index (χ3n) is 3.26. The molecular formula is C15H15N3O. The number of hydrogen-bond acceptors (Lipinski definition) is 3. The Bertz CT molecular complexity index is 746. The fourth-order valence-electron chi connectivity index (χ4n) is 2.41. The van der Waals surface area contributed by atoms with E-state index in [1.165, 1.54) is 0 Å². The number of aliphatic hydroxyl groups is 1. The van der Waals surface area contributed by atoms with E-state index in [2.05, 4.69) is 10.1 Å². The topological polar surface area (TPSA) is 50.9 Å². The minimum Gasteiger partial charge on any atom is -0.392 e. The number of aromatic nitrogens is 3. The first-order chi connectivity index (χ1) is 9.20. The molecule has 0 aliphatic heterocycles. The van der Waals surface area contributed by atoms with E-state index >= 15 is 0 Å². The van der Waals surface area contributed by atoms with Crippen LogP contribution >= 0.6 is 0 Å². The van der Waals surface area contributed by atoms with Gasteiger partial charge in [0, 0.05) is 17.1 Å². The standard InChI is InChI=1S/C15H15N3O/c1-10-7-8-18(17-10)15-11(2)16-14-6-4-3-5-12(14)13(15)9-19/h3-8,19H,9H2,1-2H3. The van der Waals surface area contributed by atoms with Crippen LogP contribution in [0.3, 0.4) is 0 Å². The number of pyridine rings is 1. The second kappa shape index (κ2) is 4.48. The van der Waals surface area contributed by atoms with E-state index < -0.39 is 0 Å². The second-order valence-corrected chi connectivity index (χ2v) is 4.60. The van der Waals surface area contributed by atoms with Gasteiger partial charge in [-0.05, 0) is 26.0 Å². The number of nitrogens with zero attached hydrogens (tertiary/aromatic N) is 3. The van der Waals surface area contributed by atoms with Crippen molar-refractivity contribution in [3.8, 4) is 5.69 Å². The predicted octanol–water partition coefficient (Wildman–Crippen LogP) is 2.53. The summed E-state index contributed by atoms with van der Waals surface area (Å²) in [7, 11) is 0. The van der Waals surface area contributed by atoms with Crippen LogP contribution in [0.4, 0.5) is 0 Å². The second-order valence-electron chi connectivity index (χ2n) is 4.60. The maximum atomic E-state index is 9.74. The van der Waals surface area contributed by atoms with Gasteiger partial charge in [0.15, 0.2) is 0 Å². The lowest BCUT2D eigenvalue weighted by Crippen LogP contribution is -2.06. The molecule has 0 saturated heterocycles. The highest BCUT2D eigenvalue weighted by molar-refractivity contribution is 5.85. The molecule has 2 heterocycles. The lowest BCUT2D eigenvalue weighted by Gasteiger charge is -2.13. The molecule has 4 nitrogen and oxygen atoms in total. The van der Waals surface area contributed by atoms with Crippen LogP contribution in [0, 0.1) is 13.8 Å². The first-order valence-electron chi connectivity index (χ1n) is 6.22. The van der Waals surface area contributed by atoms with Gasteiger partial charge in [-0.25, -0.2) is 4.68 Å². The van der Waals surface area contributed by atoms with E-state index in [0.717, 1.165) is 33.5 Å². The molecule has 19 heavy (non-hydrogen) atoms. The summed E-state index contributed by atoms with van der Waals surface area (Å²) >= 11 is 0. The Morgan fingerprint density at radius 2 is 1.95 bits per heavy atom. The largest absolute Gasteiger partial charge is 0.392 e. The lowest BCUT2D eigenvalue weighted by atomic mass is 10.1. The first-order valence-corrected chi connectivity index (χ1v) is 6.22. The molecule has 1 N–H and O–H groups in total. The zero-order valence-electron chi connectivity index (χ0n) is 11.0. The summed E-state index contributed by atoms with van der Waals surface area (Å²) in [4.78, 5) is 4.60. The molecule has 0 aliphatic carbocycles. The number of para-hydroxylation sites is 1. The third kappa shape index (κ3) is 1.90. The molecule has 3 rings (SSSR count). The number of benzene rings is 1. The molecule has 3 aromatic rings. The Morgan fingerprint density at radius 3 is 2.63 bits per heavy atom. The van der Waals surface area contributed by atoms with Gasteiger partial charge in [-0.15, -0.1) is 0 Å². The molecule has 0 unspecified atom stereocenters. The summed E-state index contributed by atoms with van der Waals surface area (Å²) in [6.07, 6.45) is 1.90. The molecule has 0 aliphatic rings. The number of aryl methyl sites for hydroxylation is 2. The fourth-order valence-corrected chi connectivity index (χ4v) is 2.41. The molecule has 0 radical (unpaired) electrons. The maximum Gasteiger partial charge on any atom is 0.0919 e. The molecule has 96 valence electrons. The molecule has 2 aromatic heterocycles. The Morgan fingerprint density at radius 1 is 1.16 bits per heavy atom. The van der Waals surface area contributed by atoms with Crippen molar-refractivity contribution in [3.63, 3.8) is 0 Å². The van der Waals surface area contributed by atoms with Crippen LogP contribution in [0.5, 0.6) is 0 Å². The van der Waals surface area contributed by atoms with Gasteiger partial charge < -0.3 is 5.11 Å². The zero-order chi connectivity index (χ0) is 13.4. The number of fused-ring (bicyclic) bond motifs is 1. The summed E-state index contributed by atoms with van der Waals surface area (Å²) < 4.78 is 1.79. The highest BCUT2D eigenvalue weighted by Crippen LogP contribution is 2.26. The Kier molecular flexibility index (Phi) is 2.80. The molecule has 0 atom stereocenters. The van der Waals surface area contributed by atoms with Gasteiger partial charge in [0.05, 0.1) is 29.2 Å². The molecular weight excluding hydrogens is 238 g/mol. The fraction of sp³-hybridized carbons (Fsp3) is 0.200. The smallest absolute Gasteiger partial charge is 0.0919 e. The maximum absolute atomic E-state index is 9.74. The number of hydrogen-bond donors (Lipinski definition) is 1. The number of rotatable bonds is 2. The van der Waals surface area contributed by atoms with E-state index in [1.54, 1.807) is 4.68 Å². The van der Waals surface area contributed by atoms with Gasteiger partial charge in [0.1, 0.15) is 0 Å². The van der Waals surface area contributed by atoms with Crippen LogP contribution in [-0.4, -0.2) is 19.9 Å². The van der Waals surface area contributed by atoms with Crippen molar-refractivity contribution >= 4 is 10.9 Å². The van der Waals surface area contributed by atoms with Gasteiger partial charge in [-0.2, -0.15) is 5.10 Å². The van der Waals surface area contributed by atoms with E-state index in [0.29, 0.717) is 0 Å². The molecule has 0 amide bonds. The van der Waals surface area contributed by atoms with Gasteiger partial charge in [-0.3, -0.25) is 4.98 Å². The van der Waals surface area contributed by atoms with E-state index in [4.69, 9.17) is 0 Å². The van der Waals surface area contributed by atoms with Crippen LogP contribution in [0.1, 0.15) is 17.0 Å². The summed E-state index contributed by atoms with van der Waals surface area (Å²) in [5.41, 5.74) is 4.44. The van der Waals surface area contributed by atoms with Crippen LogP contribution in [0.15, 0.2) is 36.5 Å². The van der Waals surface area contributed by atoms with Crippen molar-refractivity contribution in [3.05, 3.63) is 53.5 Å². The molecule has 0 fully saturated rings. The molecule has 0 bridgehead atoms. The monoisotopic (exact) mass is 253 g/mol. The van der Waals surface area contributed by atoms with Crippen LogP contribution in [0.2, 0.25) is 0 Å². The van der Waals surface area contributed by atoms with Crippen molar-refractivity contribution in [1.82, 2.24) is 14.8 Å². The van der Waals surface area contributed by atoms with Crippen LogP contribution in [-0.2, 0) is 6.61 Å². The Balaban J connectivity index is 2.37. The molecule has 0 saturated carbocycles. The number of aliphatic hydroxyl groups excluding tert-OH is 1. The summed E-state index contributed by atoms with van der Waals surface area (Å²) in [6.45, 7) is 3.86. The van der Waals surface area contributed by atoms with Crippen molar-refractivity contribution < 1.29 is 5.11 Å². The van der Waals surface area contributed by atoms with Crippen molar-refractivity contribution in [2.75, 3.05) is 0 Å². The Hall–Kier alpha value is -2.20. The van der Waals surface area contributed by atoms with Crippen molar-refractivity contribution in [2.45, 2.75) is 20.5 Å². The van der Waals surface area contributed by atoms with Gasteiger partial charge in [-0.1, -0.05) is 18.2 Å². The third-order valence-corrected chi connectivity index (χ3v) is 3.26. The van der Waals surface area contributed by atoms with E-state index in [9.17, 15) is 5.11 Å². The minimum absolute atomic E-state index is 0.0296. The molecule has 0 spiro atoms. The average molecular weight is 253 g/mol. The SMILES string of the molecule is Cc1ccn(-c2c(C)nc3ccccc3c2CO)n1. The van der Waals surface area contributed by atoms with Gasteiger partial charge >= 0.3 is 0 Å². The quantitative estimate of drug-likeness (QED) is 0.763. The highest BCUT2D eigenvalue weighted by Gasteiger charge is 2.14. The summed E-state index contributed by atoms with van der Waals surface area (Å²) in [5, 5.41) is 15.1. The minimum atomic E-state index is -0.0296. The highest BCUT2D eigenvalue weighted by atomic mass is 16.3. The average Bonchev–Trinajstić information content (AvgIpc) is 2.83. The predicted molar refractivity (Wildman–Crippen MR) is 74.3 cm³/mol. The summed E-state index contributed by atoms with van der Waals surface area (Å²) in [5.74, 6) is 0. The van der Waals surface area contributed by atoms with Crippen molar-refractivity contribution in [1.29, 1.82) is 0 Å². The van der Waals surface area contributed by atoms with E-state index in [-0.39, 0.29) is 6.61 Å². The lowest BCUT2D eigenvalue weighted by molar-refractivity contribution is 0.282. The van der Waals surface area contributed by atoms with E-state index in [1.807, 2.05) is 50.4 Å². The van der Waals surface area contributed by atoms with Gasteiger partial charge in [0.25, 0.3) is 0 Å². The zero-order valence-corrected chi connectivity index (χ0v) is 11.0.